The van der Waals surface area contributed by atoms with Crippen LogP contribution in [-0.4, -0.2) is 28.5 Å². The zero-order valence-corrected chi connectivity index (χ0v) is 20.3. The van der Waals surface area contributed by atoms with Gasteiger partial charge in [-0.3, -0.25) is 9.69 Å². The Kier molecular flexibility index (Phi) is 7.14. The number of rotatable bonds is 8. The second-order valence-electron chi connectivity index (χ2n) is 7.78. The minimum atomic E-state index is -1.21. The van der Waals surface area contributed by atoms with Gasteiger partial charge in [0.25, 0.3) is 0 Å². The normalized spacial score (nSPS) is 11.9. The molecule has 3 aromatic carbocycles. The van der Waals surface area contributed by atoms with Crippen LogP contribution in [0.4, 0.5) is 10.5 Å². The molecule has 0 saturated carbocycles. The third-order valence-corrected chi connectivity index (χ3v) is 6.77. The number of carbonyl (C=O) groups excluding carboxylic acids is 1. The van der Waals surface area contributed by atoms with Crippen LogP contribution in [0, 0.1) is 6.92 Å². The van der Waals surface area contributed by atoms with E-state index in [1.807, 2.05) is 31.2 Å². The molecule has 1 amide bonds. The van der Waals surface area contributed by atoms with Crippen LogP contribution in [0.15, 0.2) is 66.7 Å². The summed E-state index contributed by atoms with van der Waals surface area (Å²) in [6, 6.07) is 19.5. The minimum Gasteiger partial charge on any atom is -0.483 e. The summed E-state index contributed by atoms with van der Waals surface area (Å²) >= 11 is 7.48. The van der Waals surface area contributed by atoms with E-state index >= 15 is 0 Å². The lowest BCUT2D eigenvalue weighted by Crippen LogP contribution is -2.35. The lowest BCUT2D eigenvalue weighted by atomic mass is 10.1. The quantitative estimate of drug-likeness (QED) is 0.263. The van der Waals surface area contributed by atoms with Crippen molar-refractivity contribution in [2.24, 2.45) is 0 Å². The second kappa shape index (κ2) is 10.2. The number of nitrogens with zero attached hydrogens (tertiary/aromatic N) is 2. The number of Topliss-reactive ketones (excluding diaryl/α,β-unsaturated/α-hetero) is 1. The third-order valence-electron chi connectivity index (χ3n) is 5.39. The highest BCUT2D eigenvalue weighted by Crippen LogP contribution is 2.33. The molecule has 0 spiro atoms. The molecule has 1 atom stereocenters. The van der Waals surface area contributed by atoms with Crippen molar-refractivity contribution in [2.45, 2.75) is 26.4 Å². The molecule has 0 aliphatic carbocycles. The predicted molar refractivity (Wildman–Crippen MR) is 136 cm³/mol. The molecule has 4 rings (SSSR count). The summed E-state index contributed by atoms with van der Waals surface area (Å²) in [6.07, 6.45) is -0.693. The van der Waals surface area contributed by atoms with Crippen LogP contribution >= 0.6 is 22.9 Å². The van der Waals surface area contributed by atoms with Gasteiger partial charge in [0.05, 0.1) is 22.4 Å². The maximum absolute atomic E-state index is 12.7. The van der Waals surface area contributed by atoms with Gasteiger partial charge in [-0.15, -0.1) is 11.3 Å². The highest BCUT2D eigenvalue weighted by molar-refractivity contribution is 7.18. The number of ketones is 1. The highest BCUT2D eigenvalue weighted by Gasteiger charge is 2.22. The largest absolute Gasteiger partial charge is 0.483 e. The first-order valence-electron chi connectivity index (χ1n) is 10.8. The number of aryl methyl sites for hydroxylation is 1. The first-order valence-corrected chi connectivity index (χ1v) is 12.0. The summed E-state index contributed by atoms with van der Waals surface area (Å²) in [4.78, 5) is 30.4. The molecule has 1 heterocycles. The Balaban J connectivity index is 1.53. The van der Waals surface area contributed by atoms with E-state index in [0.29, 0.717) is 27.6 Å². The van der Waals surface area contributed by atoms with E-state index in [1.165, 1.54) is 0 Å². The van der Waals surface area contributed by atoms with Gasteiger partial charge in [-0.1, -0.05) is 30.7 Å². The molecule has 1 unspecified atom stereocenters. The van der Waals surface area contributed by atoms with E-state index in [0.717, 1.165) is 26.5 Å². The van der Waals surface area contributed by atoms with Crippen LogP contribution in [0.1, 0.15) is 40.4 Å². The van der Waals surface area contributed by atoms with E-state index < -0.39 is 6.09 Å². The Labute approximate surface area is 206 Å². The van der Waals surface area contributed by atoms with Crippen molar-refractivity contribution in [3.05, 3.63) is 87.9 Å². The van der Waals surface area contributed by atoms with Crippen molar-refractivity contribution >= 4 is 50.7 Å². The summed E-state index contributed by atoms with van der Waals surface area (Å²) in [5, 5.41) is 11.2. The van der Waals surface area contributed by atoms with Crippen molar-refractivity contribution in [3.63, 3.8) is 0 Å². The molecule has 0 fully saturated rings. The van der Waals surface area contributed by atoms with E-state index in [2.05, 4.69) is 0 Å². The van der Waals surface area contributed by atoms with Crippen LogP contribution in [0.5, 0.6) is 5.75 Å². The van der Waals surface area contributed by atoms with Crippen LogP contribution in [0.3, 0.4) is 0 Å². The van der Waals surface area contributed by atoms with Crippen LogP contribution in [-0.2, 0) is 0 Å². The van der Waals surface area contributed by atoms with E-state index in [9.17, 15) is 14.7 Å². The summed E-state index contributed by atoms with van der Waals surface area (Å²) in [5.74, 6) is 0.294. The van der Waals surface area contributed by atoms with E-state index in [1.54, 1.807) is 60.7 Å². The first-order chi connectivity index (χ1) is 16.4. The molecule has 0 aliphatic heterocycles. The van der Waals surface area contributed by atoms with Crippen LogP contribution in [0.2, 0.25) is 5.02 Å². The first kappa shape index (κ1) is 23.7. The SMILES string of the molecule is CCC(Oc1ccc(N(CC(=O)c2ccc(Cl)cc2)C(=O)O)c(C)c1)c1nc2ccccc2s1. The molecule has 0 aliphatic rings. The van der Waals surface area contributed by atoms with Gasteiger partial charge >= 0.3 is 6.09 Å². The fraction of sp³-hybridized carbons (Fsp3) is 0.192. The second-order valence-corrected chi connectivity index (χ2v) is 9.28. The van der Waals surface area contributed by atoms with Crippen LogP contribution < -0.4 is 9.64 Å². The predicted octanol–water partition coefficient (Wildman–Crippen LogP) is 7.16. The third kappa shape index (κ3) is 5.21. The zero-order chi connectivity index (χ0) is 24.2. The molecule has 4 aromatic rings. The summed E-state index contributed by atoms with van der Waals surface area (Å²) < 4.78 is 7.32. The molecule has 34 heavy (non-hydrogen) atoms. The molecular weight excluding hydrogens is 472 g/mol. The molecule has 1 aromatic heterocycles. The molecule has 174 valence electrons. The van der Waals surface area contributed by atoms with Crippen molar-refractivity contribution in [2.75, 3.05) is 11.4 Å². The highest BCUT2D eigenvalue weighted by atomic mass is 35.5. The number of fused-ring (bicyclic) bond motifs is 1. The Morgan fingerprint density at radius 3 is 2.50 bits per heavy atom. The van der Waals surface area contributed by atoms with E-state index in [-0.39, 0.29) is 18.4 Å². The van der Waals surface area contributed by atoms with E-state index in [4.69, 9.17) is 21.3 Å². The number of anilines is 1. The van der Waals surface area contributed by atoms with Gasteiger partial charge < -0.3 is 9.84 Å². The maximum atomic E-state index is 12.7. The van der Waals surface area contributed by atoms with Gasteiger partial charge in [0, 0.05) is 10.6 Å². The van der Waals surface area contributed by atoms with Gasteiger partial charge in [0.1, 0.15) is 16.9 Å². The standard InChI is InChI=1S/C26H23ClN2O4S/c1-3-23(25-28-20-6-4-5-7-24(20)34-25)33-19-12-13-21(16(2)14-19)29(26(31)32)15-22(30)17-8-10-18(27)11-9-17/h4-14,23H,3,15H2,1-2H3,(H,31,32). The topological polar surface area (TPSA) is 79.7 Å². The lowest BCUT2D eigenvalue weighted by molar-refractivity contribution is 0.0996. The van der Waals surface area contributed by atoms with Gasteiger partial charge in [-0.05, 0) is 73.5 Å². The number of thiazole rings is 1. The van der Waals surface area contributed by atoms with Gasteiger partial charge in [0.15, 0.2) is 5.78 Å². The number of hydrogen-bond donors (Lipinski definition) is 1. The van der Waals surface area contributed by atoms with Crippen LogP contribution in [0.25, 0.3) is 10.2 Å². The number of carbonyl (C=O) groups is 2. The number of halogens is 1. The molecule has 0 radical (unpaired) electrons. The number of amides is 1. The molecular formula is C26H23ClN2O4S. The zero-order valence-electron chi connectivity index (χ0n) is 18.7. The Morgan fingerprint density at radius 2 is 1.85 bits per heavy atom. The van der Waals surface area contributed by atoms with Crippen molar-refractivity contribution in [1.82, 2.24) is 4.98 Å². The number of ether oxygens (including phenoxy) is 1. The van der Waals surface area contributed by atoms with Crippen molar-refractivity contribution < 1.29 is 19.4 Å². The van der Waals surface area contributed by atoms with Gasteiger partial charge in [0.2, 0.25) is 0 Å². The maximum Gasteiger partial charge on any atom is 0.412 e. The molecule has 8 heteroatoms. The molecule has 0 saturated heterocycles. The molecule has 0 bridgehead atoms. The van der Waals surface area contributed by atoms with Crippen molar-refractivity contribution in [3.8, 4) is 5.75 Å². The fourth-order valence-corrected chi connectivity index (χ4v) is 4.84. The summed E-state index contributed by atoms with van der Waals surface area (Å²) in [6.45, 7) is 3.53. The average Bonchev–Trinajstić information content (AvgIpc) is 3.25. The minimum absolute atomic E-state index is 0.218. The lowest BCUT2D eigenvalue weighted by Gasteiger charge is -2.22. The Bertz CT molecular complexity index is 1300. The van der Waals surface area contributed by atoms with Crippen molar-refractivity contribution in [1.29, 1.82) is 0 Å². The monoisotopic (exact) mass is 494 g/mol. The fourth-order valence-electron chi connectivity index (χ4n) is 3.63. The average molecular weight is 495 g/mol. The smallest absolute Gasteiger partial charge is 0.412 e. The number of hydrogen-bond acceptors (Lipinski definition) is 5. The Morgan fingerprint density at radius 1 is 1.12 bits per heavy atom. The van der Waals surface area contributed by atoms with Gasteiger partial charge in [-0.25, -0.2) is 9.78 Å². The molecule has 6 nitrogen and oxygen atoms in total. The number of para-hydroxylation sites is 1. The summed E-state index contributed by atoms with van der Waals surface area (Å²) in [7, 11) is 0. The van der Waals surface area contributed by atoms with Gasteiger partial charge in [-0.2, -0.15) is 0 Å². The summed E-state index contributed by atoms with van der Waals surface area (Å²) in [5.41, 5.74) is 2.45. The number of carboxylic acid groups (broad SMARTS) is 1. The number of benzene rings is 3. The number of aromatic nitrogens is 1. The molecule has 1 N–H and O–H groups in total. The Hall–Kier alpha value is -3.42.